The molecule has 1 fully saturated rings. The Morgan fingerprint density at radius 2 is 1.78 bits per heavy atom. The van der Waals surface area contributed by atoms with Crippen LogP contribution in [0.1, 0.15) is 12.8 Å². The summed E-state index contributed by atoms with van der Waals surface area (Å²) >= 11 is 1.07. The van der Waals surface area contributed by atoms with Crippen molar-refractivity contribution >= 4 is 32.4 Å². The van der Waals surface area contributed by atoms with Crippen LogP contribution in [-0.2, 0) is 14.8 Å². The summed E-state index contributed by atoms with van der Waals surface area (Å²) in [5, 5.41) is 4.40. The number of aromatic nitrogens is 1. The van der Waals surface area contributed by atoms with Crippen LogP contribution < -0.4 is 5.32 Å². The fraction of sp³-hybridized carbons (Fsp3) is 0.238. The number of rotatable bonds is 5. The number of benzene rings is 2. The minimum absolute atomic E-state index is 0.00610. The zero-order chi connectivity index (χ0) is 22.9. The second-order valence-corrected chi connectivity index (χ2v) is 10.0. The summed E-state index contributed by atoms with van der Waals surface area (Å²) in [6.45, 7) is 0.152. The minimum atomic E-state index is -3.99. The van der Waals surface area contributed by atoms with Gasteiger partial charge in [0.1, 0.15) is 22.3 Å². The van der Waals surface area contributed by atoms with Gasteiger partial charge in [0.05, 0.1) is 5.69 Å². The molecule has 0 aliphatic carbocycles. The number of sulfonamides is 1. The van der Waals surface area contributed by atoms with Crippen molar-refractivity contribution in [3.63, 3.8) is 0 Å². The number of anilines is 1. The van der Waals surface area contributed by atoms with Crippen molar-refractivity contribution in [3.05, 3.63) is 65.3 Å². The average Bonchev–Trinajstić information content (AvgIpc) is 3.24. The molecule has 0 radical (unpaired) electrons. The van der Waals surface area contributed by atoms with E-state index in [2.05, 4.69) is 10.3 Å². The second-order valence-electron chi connectivity index (χ2n) is 7.26. The van der Waals surface area contributed by atoms with Gasteiger partial charge >= 0.3 is 0 Å². The summed E-state index contributed by atoms with van der Waals surface area (Å²) in [5.74, 6) is -2.84. The molecule has 0 unspecified atom stereocenters. The van der Waals surface area contributed by atoms with E-state index >= 15 is 0 Å². The molecule has 0 saturated carbocycles. The molecule has 11 heteroatoms. The average molecular weight is 482 g/mol. The highest BCUT2D eigenvalue weighted by atomic mass is 32.2. The van der Waals surface area contributed by atoms with Gasteiger partial charge in [0.2, 0.25) is 15.9 Å². The first kappa shape index (κ1) is 22.4. The molecular formula is C21H18F3N3O3S2. The monoisotopic (exact) mass is 481 g/mol. The Morgan fingerprint density at radius 1 is 1.06 bits per heavy atom. The molecular weight excluding hydrogens is 463 g/mol. The van der Waals surface area contributed by atoms with Crippen LogP contribution in [0.5, 0.6) is 0 Å². The molecule has 1 aliphatic rings. The highest BCUT2D eigenvalue weighted by Gasteiger charge is 2.33. The van der Waals surface area contributed by atoms with E-state index in [4.69, 9.17) is 0 Å². The van der Waals surface area contributed by atoms with Gasteiger partial charge in [-0.25, -0.2) is 26.6 Å². The normalized spacial score (nSPS) is 15.6. The van der Waals surface area contributed by atoms with E-state index < -0.39 is 33.4 Å². The molecule has 1 amide bonds. The van der Waals surface area contributed by atoms with E-state index in [0.717, 1.165) is 35.6 Å². The molecule has 1 aliphatic heterocycles. The van der Waals surface area contributed by atoms with Gasteiger partial charge in [-0.2, -0.15) is 4.31 Å². The first-order chi connectivity index (χ1) is 15.3. The van der Waals surface area contributed by atoms with Crippen molar-refractivity contribution < 1.29 is 26.4 Å². The number of piperidine rings is 1. The van der Waals surface area contributed by atoms with Crippen LogP contribution in [-0.4, -0.2) is 36.7 Å². The van der Waals surface area contributed by atoms with Crippen LogP contribution in [0.2, 0.25) is 0 Å². The third-order valence-electron chi connectivity index (χ3n) is 5.22. The number of amides is 1. The number of hydrogen-bond acceptors (Lipinski definition) is 5. The summed E-state index contributed by atoms with van der Waals surface area (Å²) in [6, 6.07) is 8.21. The Bertz CT molecular complexity index is 1260. The van der Waals surface area contributed by atoms with Crippen LogP contribution in [0.25, 0.3) is 11.3 Å². The van der Waals surface area contributed by atoms with E-state index in [0.29, 0.717) is 0 Å². The Morgan fingerprint density at radius 3 is 2.50 bits per heavy atom. The maximum absolute atomic E-state index is 13.9. The van der Waals surface area contributed by atoms with Crippen LogP contribution in [0, 0.1) is 23.4 Å². The van der Waals surface area contributed by atoms with Crippen molar-refractivity contribution in [1.29, 1.82) is 0 Å². The van der Waals surface area contributed by atoms with Gasteiger partial charge in [-0.1, -0.05) is 12.1 Å². The summed E-state index contributed by atoms with van der Waals surface area (Å²) in [6.07, 6.45) is 0.520. The third kappa shape index (κ3) is 4.54. The highest BCUT2D eigenvalue weighted by Crippen LogP contribution is 2.29. The van der Waals surface area contributed by atoms with E-state index in [1.165, 1.54) is 27.9 Å². The van der Waals surface area contributed by atoms with Gasteiger partial charge in [-0.15, -0.1) is 11.3 Å². The number of nitrogens with zero attached hydrogens (tertiary/aromatic N) is 2. The van der Waals surface area contributed by atoms with Gasteiger partial charge in [0, 0.05) is 30.0 Å². The van der Waals surface area contributed by atoms with E-state index in [9.17, 15) is 26.4 Å². The first-order valence-corrected chi connectivity index (χ1v) is 12.0. The van der Waals surface area contributed by atoms with Crippen LogP contribution in [0.15, 0.2) is 52.7 Å². The largest absolute Gasteiger partial charge is 0.302 e. The van der Waals surface area contributed by atoms with Crippen molar-refractivity contribution in [2.24, 2.45) is 5.92 Å². The quantitative estimate of drug-likeness (QED) is 0.591. The lowest BCUT2D eigenvalue weighted by Gasteiger charge is -2.30. The molecule has 32 heavy (non-hydrogen) atoms. The summed E-state index contributed by atoms with van der Waals surface area (Å²) in [7, 11) is -3.99. The lowest BCUT2D eigenvalue weighted by molar-refractivity contribution is -0.120. The molecule has 4 rings (SSSR count). The van der Waals surface area contributed by atoms with Crippen LogP contribution in [0.4, 0.5) is 18.3 Å². The van der Waals surface area contributed by atoms with Gasteiger partial charge in [0.15, 0.2) is 5.13 Å². The van der Waals surface area contributed by atoms with Gasteiger partial charge < -0.3 is 5.32 Å². The van der Waals surface area contributed by atoms with Crippen molar-refractivity contribution in [1.82, 2.24) is 9.29 Å². The Kier molecular flexibility index (Phi) is 6.31. The predicted octanol–water partition coefficient (Wildman–Crippen LogP) is 4.27. The van der Waals surface area contributed by atoms with Gasteiger partial charge in [-0.3, -0.25) is 4.79 Å². The van der Waals surface area contributed by atoms with E-state index in [1.807, 2.05) is 0 Å². The van der Waals surface area contributed by atoms with Gasteiger partial charge in [-0.05, 0) is 43.2 Å². The summed E-state index contributed by atoms with van der Waals surface area (Å²) in [4.78, 5) is 16.4. The Balaban J connectivity index is 1.39. The number of carbonyl (C=O) groups excluding carboxylic acids is 1. The van der Waals surface area contributed by atoms with Crippen LogP contribution in [0.3, 0.4) is 0 Å². The molecule has 0 spiro atoms. The number of nitrogens with one attached hydrogen (secondary N) is 1. The first-order valence-electron chi connectivity index (χ1n) is 9.72. The second kappa shape index (κ2) is 9.00. The molecule has 168 valence electrons. The molecule has 1 N–H and O–H groups in total. The molecule has 1 saturated heterocycles. The van der Waals surface area contributed by atoms with Crippen LogP contribution >= 0.6 is 11.3 Å². The highest BCUT2D eigenvalue weighted by molar-refractivity contribution is 7.89. The number of carbonyl (C=O) groups is 1. The Labute approximate surface area is 186 Å². The fourth-order valence-electron chi connectivity index (χ4n) is 3.51. The smallest absolute Gasteiger partial charge is 0.245 e. The topological polar surface area (TPSA) is 79.4 Å². The molecule has 6 nitrogen and oxygen atoms in total. The molecule has 0 atom stereocenters. The molecule has 0 bridgehead atoms. The van der Waals surface area contributed by atoms with Gasteiger partial charge in [0.25, 0.3) is 0 Å². The summed E-state index contributed by atoms with van der Waals surface area (Å²) < 4.78 is 67.8. The fourth-order valence-corrected chi connectivity index (χ4v) is 5.76. The number of thiazole rings is 1. The summed E-state index contributed by atoms with van der Waals surface area (Å²) in [5.41, 5.74) is 0.196. The third-order valence-corrected chi connectivity index (χ3v) is 7.91. The zero-order valence-corrected chi connectivity index (χ0v) is 18.2. The van der Waals surface area contributed by atoms with E-state index in [-0.39, 0.29) is 53.1 Å². The van der Waals surface area contributed by atoms with Crippen molar-refractivity contribution in [2.45, 2.75) is 17.7 Å². The molecule has 3 aromatic rings. The SMILES string of the molecule is O=C(Nc1nc(-c2cc(F)ccc2F)cs1)C1CCN(S(=O)(=O)c2ccccc2F)CC1. The van der Waals surface area contributed by atoms with E-state index in [1.54, 1.807) is 0 Å². The zero-order valence-electron chi connectivity index (χ0n) is 16.6. The van der Waals surface area contributed by atoms with Crippen molar-refractivity contribution in [2.75, 3.05) is 18.4 Å². The molecule has 1 aromatic heterocycles. The maximum Gasteiger partial charge on any atom is 0.245 e. The molecule has 2 aromatic carbocycles. The predicted molar refractivity (Wildman–Crippen MR) is 114 cm³/mol. The Hall–Kier alpha value is -2.76. The minimum Gasteiger partial charge on any atom is -0.302 e. The number of halogens is 3. The number of hydrogen-bond donors (Lipinski definition) is 1. The molecule has 2 heterocycles. The lowest BCUT2D eigenvalue weighted by atomic mass is 9.97. The van der Waals surface area contributed by atoms with Crippen molar-refractivity contribution in [3.8, 4) is 11.3 Å². The standard InChI is InChI=1S/C21H18F3N3O3S2/c22-14-5-6-16(23)15(11-14)18-12-31-21(25-18)26-20(28)13-7-9-27(10-8-13)32(29,30)19-4-2-1-3-17(19)24/h1-6,11-13H,7-10H2,(H,25,26,28). The lowest BCUT2D eigenvalue weighted by Crippen LogP contribution is -2.41. The maximum atomic E-state index is 13.9.